The lowest BCUT2D eigenvalue weighted by atomic mass is 9.81. The molecule has 0 fully saturated rings. The highest BCUT2D eigenvalue weighted by Gasteiger charge is 2.39. The minimum Gasteiger partial charge on any atom is -0.343 e. The van der Waals surface area contributed by atoms with E-state index in [0.29, 0.717) is 0 Å². The van der Waals surface area contributed by atoms with Gasteiger partial charge in [0.2, 0.25) is 0 Å². The van der Waals surface area contributed by atoms with Gasteiger partial charge in [-0.15, -0.1) is 0 Å². The number of nitrogens with zero attached hydrogens (tertiary/aromatic N) is 1. The first-order valence-electron chi connectivity index (χ1n) is 10.3. The molecule has 0 unspecified atom stereocenters. The maximum atomic E-state index is 2.40. The lowest BCUT2D eigenvalue weighted by molar-refractivity contribution is 0.660. The number of anilines is 2. The lowest BCUT2D eigenvalue weighted by Crippen LogP contribution is -2.16. The van der Waals surface area contributed by atoms with Crippen molar-refractivity contribution in [2.45, 2.75) is 19.3 Å². The van der Waals surface area contributed by atoms with Crippen LogP contribution in [0.25, 0.3) is 33.4 Å². The molecule has 0 aromatic heterocycles. The van der Waals surface area contributed by atoms with E-state index >= 15 is 0 Å². The van der Waals surface area contributed by atoms with Crippen LogP contribution < -0.4 is 4.90 Å². The van der Waals surface area contributed by atoms with Crippen molar-refractivity contribution in [2.75, 3.05) is 11.9 Å². The standard InChI is InChI=1S/C28H23N/c1-28(2)23-14-8-6-13-22(23)26-24(28)17-16-21-19-11-5-4-10-18(19)20-12-7-9-15-25(20)29(3)27(21)26/h4-17H,1-3H3. The smallest absolute Gasteiger partial charge is 0.0571 e. The topological polar surface area (TPSA) is 3.24 Å². The van der Waals surface area contributed by atoms with Gasteiger partial charge < -0.3 is 4.90 Å². The Morgan fingerprint density at radius 3 is 1.90 bits per heavy atom. The molecule has 0 saturated carbocycles. The molecule has 0 saturated heterocycles. The number of para-hydroxylation sites is 1. The fraction of sp³-hybridized carbons (Fsp3) is 0.143. The van der Waals surface area contributed by atoms with Crippen LogP contribution in [0.5, 0.6) is 0 Å². The van der Waals surface area contributed by atoms with E-state index in [4.69, 9.17) is 0 Å². The van der Waals surface area contributed by atoms with Crippen LogP contribution in [0.15, 0.2) is 84.9 Å². The second kappa shape index (κ2) is 5.61. The van der Waals surface area contributed by atoms with Crippen molar-refractivity contribution in [3.05, 3.63) is 96.1 Å². The van der Waals surface area contributed by atoms with Crippen LogP contribution in [0.4, 0.5) is 11.4 Å². The number of fused-ring (bicyclic) bond motifs is 9. The van der Waals surface area contributed by atoms with Gasteiger partial charge in [-0.3, -0.25) is 0 Å². The zero-order chi connectivity index (χ0) is 19.8. The van der Waals surface area contributed by atoms with Gasteiger partial charge in [0.15, 0.2) is 0 Å². The first-order valence-corrected chi connectivity index (χ1v) is 10.3. The minimum atomic E-state index is 0.00708. The van der Waals surface area contributed by atoms with Gasteiger partial charge in [0.05, 0.1) is 5.69 Å². The van der Waals surface area contributed by atoms with Crippen molar-refractivity contribution in [2.24, 2.45) is 0 Å². The molecule has 0 radical (unpaired) electrons. The molecule has 1 heteroatoms. The summed E-state index contributed by atoms with van der Waals surface area (Å²) in [6.07, 6.45) is 0. The van der Waals surface area contributed by atoms with Gasteiger partial charge in [-0.1, -0.05) is 92.7 Å². The molecule has 1 nitrogen and oxygen atoms in total. The quantitative estimate of drug-likeness (QED) is 0.310. The molecule has 0 bridgehead atoms. The largest absolute Gasteiger partial charge is 0.343 e. The van der Waals surface area contributed by atoms with Crippen LogP contribution in [-0.2, 0) is 5.41 Å². The van der Waals surface area contributed by atoms with Crippen molar-refractivity contribution in [1.29, 1.82) is 0 Å². The Labute approximate surface area is 172 Å². The maximum absolute atomic E-state index is 2.40. The molecule has 6 rings (SSSR count). The van der Waals surface area contributed by atoms with E-state index in [1.165, 1.54) is 55.9 Å². The van der Waals surface area contributed by atoms with Gasteiger partial charge in [0.1, 0.15) is 0 Å². The Morgan fingerprint density at radius 2 is 1.14 bits per heavy atom. The van der Waals surface area contributed by atoms with Gasteiger partial charge in [0, 0.05) is 34.8 Å². The van der Waals surface area contributed by atoms with Crippen molar-refractivity contribution in [3.8, 4) is 33.4 Å². The first-order chi connectivity index (χ1) is 14.1. The van der Waals surface area contributed by atoms with Crippen LogP contribution in [0, 0.1) is 0 Å². The Hall–Kier alpha value is -3.32. The Bertz CT molecular complexity index is 1300. The molecule has 140 valence electrons. The fourth-order valence-corrected chi connectivity index (χ4v) is 5.41. The van der Waals surface area contributed by atoms with Gasteiger partial charge in [-0.2, -0.15) is 0 Å². The first kappa shape index (κ1) is 16.6. The summed E-state index contributed by atoms with van der Waals surface area (Å²) in [6, 6.07) is 31.2. The third kappa shape index (κ3) is 2.05. The number of rotatable bonds is 0. The summed E-state index contributed by atoms with van der Waals surface area (Å²) in [5.41, 5.74) is 13.4. The molecule has 1 aliphatic heterocycles. The highest BCUT2D eigenvalue weighted by atomic mass is 15.1. The summed E-state index contributed by atoms with van der Waals surface area (Å²) in [5, 5.41) is 0. The minimum absolute atomic E-state index is 0.00708. The van der Waals surface area contributed by atoms with Crippen LogP contribution >= 0.6 is 0 Å². The molecule has 4 aromatic carbocycles. The van der Waals surface area contributed by atoms with E-state index in [-0.39, 0.29) is 5.41 Å². The summed E-state index contributed by atoms with van der Waals surface area (Å²) in [4.78, 5) is 2.40. The van der Waals surface area contributed by atoms with Gasteiger partial charge in [-0.05, 0) is 33.9 Å². The number of hydrogen-bond donors (Lipinski definition) is 0. The Kier molecular flexibility index (Phi) is 3.21. The van der Waals surface area contributed by atoms with Crippen molar-refractivity contribution in [1.82, 2.24) is 0 Å². The molecule has 0 atom stereocenters. The van der Waals surface area contributed by atoms with Gasteiger partial charge >= 0.3 is 0 Å². The fourth-order valence-electron chi connectivity index (χ4n) is 5.41. The molecule has 0 amide bonds. The number of hydrogen-bond acceptors (Lipinski definition) is 1. The van der Waals surface area contributed by atoms with Crippen molar-refractivity contribution in [3.63, 3.8) is 0 Å². The monoisotopic (exact) mass is 373 g/mol. The summed E-state index contributed by atoms with van der Waals surface area (Å²) < 4.78 is 0. The average Bonchev–Trinajstić information content (AvgIpc) is 2.93. The summed E-state index contributed by atoms with van der Waals surface area (Å²) >= 11 is 0. The molecule has 4 aromatic rings. The van der Waals surface area contributed by atoms with E-state index in [1.807, 2.05) is 0 Å². The maximum Gasteiger partial charge on any atom is 0.0571 e. The zero-order valence-electron chi connectivity index (χ0n) is 17.0. The van der Waals surface area contributed by atoms with Crippen LogP contribution in [0.1, 0.15) is 25.0 Å². The van der Waals surface area contributed by atoms with E-state index < -0.39 is 0 Å². The third-order valence-electron chi connectivity index (χ3n) is 6.83. The second-order valence-corrected chi connectivity index (χ2v) is 8.68. The zero-order valence-corrected chi connectivity index (χ0v) is 17.0. The van der Waals surface area contributed by atoms with E-state index in [1.54, 1.807) is 0 Å². The highest BCUT2D eigenvalue weighted by Crippen LogP contribution is 2.57. The molecule has 1 aliphatic carbocycles. The normalized spacial score (nSPS) is 14.9. The van der Waals surface area contributed by atoms with Gasteiger partial charge in [-0.25, -0.2) is 0 Å². The molecular formula is C28H23N. The molecule has 0 spiro atoms. The summed E-state index contributed by atoms with van der Waals surface area (Å²) in [5.74, 6) is 0. The van der Waals surface area contributed by atoms with E-state index in [9.17, 15) is 0 Å². The van der Waals surface area contributed by atoms with Crippen molar-refractivity contribution >= 4 is 11.4 Å². The van der Waals surface area contributed by atoms with Gasteiger partial charge in [0.25, 0.3) is 0 Å². The van der Waals surface area contributed by atoms with E-state index in [2.05, 4.69) is 111 Å². The Balaban J connectivity index is 1.80. The second-order valence-electron chi connectivity index (χ2n) is 8.68. The molecule has 2 aliphatic rings. The van der Waals surface area contributed by atoms with E-state index in [0.717, 1.165) is 0 Å². The lowest BCUT2D eigenvalue weighted by Gasteiger charge is -2.27. The predicted octanol–water partition coefficient (Wildman–Crippen LogP) is 7.41. The van der Waals surface area contributed by atoms with Crippen molar-refractivity contribution < 1.29 is 0 Å². The molecular weight excluding hydrogens is 350 g/mol. The number of benzene rings is 4. The Morgan fingerprint density at radius 1 is 0.552 bits per heavy atom. The predicted molar refractivity (Wildman–Crippen MR) is 123 cm³/mol. The highest BCUT2D eigenvalue weighted by molar-refractivity contribution is 6.06. The average molecular weight is 373 g/mol. The summed E-state index contributed by atoms with van der Waals surface area (Å²) in [7, 11) is 2.22. The van der Waals surface area contributed by atoms with Crippen LogP contribution in [0.3, 0.4) is 0 Å². The molecule has 0 N–H and O–H groups in total. The third-order valence-corrected chi connectivity index (χ3v) is 6.83. The molecule has 29 heavy (non-hydrogen) atoms. The molecule has 1 heterocycles. The summed E-state index contributed by atoms with van der Waals surface area (Å²) in [6.45, 7) is 4.70. The SMILES string of the molecule is CN1c2ccccc2-c2ccccc2-c2ccc3c(c21)-c1ccccc1C3(C)C. The van der Waals surface area contributed by atoms with Crippen LogP contribution in [-0.4, -0.2) is 7.05 Å². The van der Waals surface area contributed by atoms with Crippen LogP contribution in [0.2, 0.25) is 0 Å².